The average molecular weight is 263 g/mol. The summed E-state index contributed by atoms with van der Waals surface area (Å²) in [6.07, 6.45) is 0. The minimum atomic E-state index is -2.11. The lowest BCUT2D eigenvalue weighted by Crippen LogP contribution is -2.08. The van der Waals surface area contributed by atoms with Gasteiger partial charge in [0, 0.05) is 11.1 Å². The van der Waals surface area contributed by atoms with Crippen LogP contribution in [0.25, 0.3) is 0 Å². The van der Waals surface area contributed by atoms with Crippen LogP contribution in [0, 0.1) is 24.4 Å². The number of rotatable bonds is 0. The fourth-order valence-electron chi connectivity index (χ4n) is 0.937. The zero-order valence-electron chi connectivity index (χ0n) is 6.85. The molecule has 0 atom stereocenters. The summed E-state index contributed by atoms with van der Waals surface area (Å²) >= 11 is 16.1. The first-order valence-electron chi connectivity index (χ1n) is 3.46. The van der Waals surface area contributed by atoms with Crippen molar-refractivity contribution in [3.05, 3.63) is 34.6 Å². The van der Waals surface area contributed by atoms with Gasteiger partial charge >= 0.3 is 0 Å². The fraction of sp³-hybridized carbons (Fsp3) is 0.250. The van der Waals surface area contributed by atoms with Crippen molar-refractivity contribution >= 4 is 34.8 Å². The first-order valence-corrected chi connectivity index (χ1v) is 4.60. The molecule has 0 nitrogen and oxygen atoms in total. The summed E-state index contributed by atoms with van der Waals surface area (Å²) in [6, 6.07) is 0.532. The molecule has 1 aromatic carbocycles. The first-order chi connectivity index (χ1) is 6.25. The van der Waals surface area contributed by atoms with Crippen molar-refractivity contribution in [2.45, 2.75) is 10.7 Å². The second-order valence-electron chi connectivity index (χ2n) is 2.66. The molecule has 78 valence electrons. The summed E-state index contributed by atoms with van der Waals surface area (Å²) in [5.74, 6) is -3.57. The molecule has 0 heterocycles. The summed E-state index contributed by atoms with van der Waals surface area (Å²) < 4.78 is 36.8. The highest BCUT2D eigenvalue weighted by Gasteiger charge is 2.30. The van der Waals surface area contributed by atoms with E-state index < -0.39 is 32.4 Å². The van der Waals surface area contributed by atoms with Crippen LogP contribution in [0.5, 0.6) is 0 Å². The SMILES string of the molecule is Cc1c(F)c(F)cc(C(Cl)(Cl)Cl)c1F. The molecule has 0 aliphatic heterocycles. The van der Waals surface area contributed by atoms with E-state index in [1.807, 2.05) is 0 Å². The van der Waals surface area contributed by atoms with Crippen molar-refractivity contribution in [1.29, 1.82) is 0 Å². The Kier molecular flexibility index (Phi) is 3.24. The Bertz CT molecular complexity index is 371. The number of hydrogen-bond donors (Lipinski definition) is 0. The van der Waals surface area contributed by atoms with Crippen molar-refractivity contribution < 1.29 is 13.2 Å². The topological polar surface area (TPSA) is 0 Å². The van der Waals surface area contributed by atoms with Crippen molar-refractivity contribution in [1.82, 2.24) is 0 Å². The highest BCUT2D eigenvalue weighted by molar-refractivity contribution is 6.66. The lowest BCUT2D eigenvalue weighted by molar-refractivity contribution is 0.481. The molecule has 14 heavy (non-hydrogen) atoms. The van der Waals surface area contributed by atoms with E-state index in [1.54, 1.807) is 0 Å². The second kappa shape index (κ2) is 3.80. The zero-order chi connectivity index (χ0) is 11.1. The van der Waals surface area contributed by atoms with E-state index in [9.17, 15) is 13.2 Å². The van der Waals surface area contributed by atoms with E-state index in [0.717, 1.165) is 6.92 Å². The summed E-state index contributed by atoms with van der Waals surface area (Å²) in [6.45, 7) is 1.06. The second-order valence-corrected chi connectivity index (χ2v) is 4.94. The Labute approximate surface area is 93.6 Å². The lowest BCUT2D eigenvalue weighted by atomic mass is 10.1. The molecule has 1 aromatic rings. The molecular weight excluding hydrogens is 259 g/mol. The molecule has 0 unspecified atom stereocenters. The van der Waals surface area contributed by atoms with E-state index in [2.05, 4.69) is 0 Å². The molecule has 0 radical (unpaired) electrons. The van der Waals surface area contributed by atoms with Gasteiger partial charge in [0.15, 0.2) is 11.6 Å². The fourth-order valence-corrected chi connectivity index (χ4v) is 1.35. The molecule has 0 saturated carbocycles. The summed E-state index contributed by atoms with van der Waals surface area (Å²) in [4.78, 5) is 0. The molecule has 0 amide bonds. The molecule has 1 rings (SSSR count). The van der Waals surface area contributed by atoms with Crippen LogP contribution in [0.3, 0.4) is 0 Å². The van der Waals surface area contributed by atoms with Gasteiger partial charge in [0.05, 0.1) is 0 Å². The molecular formula is C8H4Cl3F3. The smallest absolute Gasteiger partial charge is 0.206 e. The van der Waals surface area contributed by atoms with Crippen LogP contribution in [0.2, 0.25) is 0 Å². The van der Waals surface area contributed by atoms with E-state index >= 15 is 0 Å². The molecule has 0 saturated heterocycles. The molecule has 0 N–H and O–H groups in total. The Morgan fingerprint density at radius 2 is 1.57 bits per heavy atom. The summed E-state index contributed by atoms with van der Waals surface area (Å²) in [5, 5.41) is 0. The Hall–Kier alpha value is -0.120. The third kappa shape index (κ3) is 2.10. The van der Waals surface area contributed by atoms with Crippen LogP contribution in [-0.2, 0) is 3.79 Å². The van der Waals surface area contributed by atoms with Crippen LogP contribution >= 0.6 is 34.8 Å². The van der Waals surface area contributed by atoms with E-state index in [0.29, 0.717) is 6.07 Å². The van der Waals surface area contributed by atoms with Gasteiger partial charge in [0.2, 0.25) is 3.79 Å². The summed E-state index contributed by atoms with van der Waals surface area (Å²) in [7, 11) is 0. The Morgan fingerprint density at radius 1 is 1.07 bits per heavy atom. The van der Waals surface area contributed by atoms with Gasteiger partial charge in [-0.15, -0.1) is 0 Å². The van der Waals surface area contributed by atoms with Gasteiger partial charge in [-0.25, -0.2) is 13.2 Å². The minimum absolute atomic E-state index is 0.501. The van der Waals surface area contributed by atoms with Gasteiger partial charge in [0.1, 0.15) is 5.82 Å². The third-order valence-electron chi connectivity index (χ3n) is 1.68. The molecule has 6 heteroatoms. The predicted molar refractivity (Wildman–Crippen MR) is 50.3 cm³/mol. The molecule has 0 aliphatic carbocycles. The number of hydrogen-bond acceptors (Lipinski definition) is 0. The zero-order valence-corrected chi connectivity index (χ0v) is 9.11. The van der Waals surface area contributed by atoms with Gasteiger partial charge in [0.25, 0.3) is 0 Å². The van der Waals surface area contributed by atoms with Crippen molar-refractivity contribution in [2.24, 2.45) is 0 Å². The van der Waals surface area contributed by atoms with Crippen LogP contribution in [-0.4, -0.2) is 0 Å². The number of alkyl halides is 3. The molecule has 0 spiro atoms. The maximum atomic E-state index is 13.3. The maximum Gasteiger partial charge on any atom is 0.218 e. The van der Waals surface area contributed by atoms with E-state index in [-0.39, 0.29) is 0 Å². The highest BCUT2D eigenvalue weighted by Crippen LogP contribution is 2.40. The van der Waals surface area contributed by atoms with Crippen LogP contribution < -0.4 is 0 Å². The molecule has 0 fully saturated rings. The van der Waals surface area contributed by atoms with E-state index in [4.69, 9.17) is 34.8 Å². The van der Waals surface area contributed by atoms with Gasteiger partial charge in [-0.2, -0.15) is 0 Å². The van der Waals surface area contributed by atoms with Gasteiger partial charge in [-0.3, -0.25) is 0 Å². The van der Waals surface area contributed by atoms with E-state index in [1.165, 1.54) is 0 Å². The maximum absolute atomic E-state index is 13.3. The van der Waals surface area contributed by atoms with Crippen molar-refractivity contribution in [3.63, 3.8) is 0 Å². The van der Waals surface area contributed by atoms with Crippen LogP contribution in [0.15, 0.2) is 6.07 Å². The van der Waals surface area contributed by atoms with Crippen molar-refractivity contribution in [2.75, 3.05) is 0 Å². The standard InChI is InChI=1S/C8H4Cl3F3/c1-3-6(13)4(8(9,10)11)2-5(12)7(3)14/h2H,1H3. The number of benzene rings is 1. The Morgan fingerprint density at radius 3 is 2.00 bits per heavy atom. The third-order valence-corrected chi connectivity index (χ3v) is 2.29. The quantitative estimate of drug-likeness (QED) is 0.485. The highest BCUT2D eigenvalue weighted by atomic mass is 35.6. The van der Waals surface area contributed by atoms with Gasteiger partial charge in [-0.05, 0) is 13.0 Å². The largest absolute Gasteiger partial charge is 0.218 e. The van der Waals surface area contributed by atoms with Gasteiger partial charge < -0.3 is 0 Å². The van der Waals surface area contributed by atoms with Crippen molar-refractivity contribution in [3.8, 4) is 0 Å². The Balaban J connectivity index is 3.49. The van der Waals surface area contributed by atoms with Gasteiger partial charge in [-0.1, -0.05) is 34.8 Å². The normalized spacial score (nSPS) is 11.9. The van der Waals surface area contributed by atoms with Crippen LogP contribution in [0.1, 0.15) is 11.1 Å². The van der Waals surface area contributed by atoms with Crippen LogP contribution in [0.4, 0.5) is 13.2 Å². The summed E-state index contributed by atoms with van der Waals surface area (Å²) in [5.41, 5.74) is -1.01. The molecule has 0 bridgehead atoms. The number of halogens is 6. The predicted octanol–water partition coefficient (Wildman–Crippen LogP) is 4.24. The monoisotopic (exact) mass is 262 g/mol. The molecule has 0 aliphatic rings. The first kappa shape index (κ1) is 12.0. The average Bonchev–Trinajstić information content (AvgIpc) is 2.06. The lowest BCUT2D eigenvalue weighted by Gasteiger charge is -2.14. The molecule has 0 aromatic heterocycles. The minimum Gasteiger partial charge on any atom is -0.206 e.